The van der Waals surface area contributed by atoms with E-state index in [-0.39, 0.29) is 12.9 Å². The number of methoxy groups -OCH3 is 2. The van der Waals surface area contributed by atoms with E-state index in [9.17, 15) is 0 Å². The first-order chi connectivity index (χ1) is 11.7. The van der Waals surface area contributed by atoms with E-state index in [0.29, 0.717) is 0 Å². The quantitative estimate of drug-likeness (QED) is 0.854. The molecule has 0 saturated carbocycles. The monoisotopic (exact) mass is 325 g/mol. The molecular formula is C19H19NO4. The Kier molecular flexibility index (Phi) is 3.58. The van der Waals surface area contributed by atoms with Crippen molar-refractivity contribution in [3.05, 3.63) is 65.1 Å². The van der Waals surface area contributed by atoms with Crippen LogP contribution in [-0.4, -0.2) is 39.1 Å². The van der Waals surface area contributed by atoms with Crippen LogP contribution in [0.5, 0.6) is 11.5 Å². The van der Waals surface area contributed by atoms with Gasteiger partial charge in [0.15, 0.2) is 11.5 Å². The number of hydrogen-bond acceptors (Lipinski definition) is 5. The van der Waals surface area contributed by atoms with Gasteiger partial charge >= 0.3 is 0 Å². The molecule has 2 aliphatic heterocycles. The molecular weight excluding hydrogens is 306 g/mol. The lowest BCUT2D eigenvalue weighted by atomic mass is 9.92. The topological polar surface area (TPSA) is 40.2 Å². The van der Waals surface area contributed by atoms with Gasteiger partial charge in [0.2, 0.25) is 6.79 Å². The van der Waals surface area contributed by atoms with E-state index in [1.165, 1.54) is 0 Å². The van der Waals surface area contributed by atoms with Gasteiger partial charge in [-0.25, -0.2) is 0 Å². The summed E-state index contributed by atoms with van der Waals surface area (Å²) in [5.41, 5.74) is 4.39. The number of benzene rings is 1. The Morgan fingerprint density at radius 3 is 2.71 bits per heavy atom. The van der Waals surface area contributed by atoms with E-state index in [2.05, 4.69) is 23.3 Å². The van der Waals surface area contributed by atoms with Crippen molar-refractivity contribution < 1.29 is 18.9 Å². The minimum atomic E-state index is -0.167. The zero-order valence-corrected chi connectivity index (χ0v) is 13.9. The van der Waals surface area contributed by atoms with Gasteiger partial charge in [-0.2, -0.15) is 0 Å². The Labute approximate surface area is 141 Å². The van der Waals surface area contributed by atoms with Crippen LogP contribution in [0, 0.1) is 0 Å². The zero-order valence-electron chi connectivity index (χ0n) is 13.9. The average molecular weight is 325 g/mol. The number of allylic oxidation sites excluding steroid dienone is 4. The molecule has 24 heavy (non-hydrogen) atoms. The fraction of sp³-hybridized carbons (Fsp3) is 0.263. The third-order valence-electron chi connectivity index (χ3n) is 4.41. The number of rotatable bonds is 3. The van der Waals surface area contributed by atoms with Crippen molar-refractivity contribution in [2.24, 2.45) is 0 Å². The zero-order chi connectivity index (χ0) is 16.7. The van der Waals surface area contributed by atoms with Crippen LogP contribution in [0.15, 0.2) is 59.5 Å². The SMILES string of the molecule is COC1=CC2=CN(C)C(c3ccc4c(c3)OCO4)=CC2=CC1OC. The smallest absolute Gasteiger partial charge is 0.231 e. The summed E-state index contributed by atoms with van der Waals surface area (Å²) in [6.45, 7) is 0.281. The summed E-state index contributed by atoms with van der Waals surface area (Å²) >= 11 is 0. The fourth-order valence-corrected chi connectivity index (χ4v) is 3.13. The van der Waals surface area contributed by atoms with Gasteiger partial charge in [0.05, 0.1) is 7.11 Å². The Morgan fingerprint density at radius 1 is 1.08 bits per heavy atom. The molecule has 3 aliphatic rings. The van der Waals surface area contributed by atoms with Gasteiger partial charge in [-0.1, -0.05) is 0 Å². The molecule has 1 aromatic rings. The number of ether oxygens (including phenoxy) is 4. The number of fused-ring (bicyclic) bond motifs is 2. The summed E-state index contributed by atoms with van der Waals surface area (Å²) < 4.78 is 21.8. The van der Waals surface area contributed by atoms with Crippen LogP contribution < -0.4 is 9.47 Å². The highest BCUT2D eigenvalue weighted by Gasteiger charge is 2.24. The van der Waals surface area contributed by atoms with Gasteiger partial charge in [-0.05, 0) is 42.0 Å². The predicted octanol–water partition coefficient (Wildman–Crippen LogP) is 3.07. The van der Waals surface area contributed by atoms with E-state index >= 15 is 0 Å². The predicted molar refractivity (Wildman–Crippen MR) is 90.4 cm³/mol. The lowest BCUT2D eigenvalue weighted by Crippen LogP contribution is -2.21. The third-order valence-corrected chi connectivity index (χ3v) is 4.41. The second-order valence-corrected chi connectivity index (χ2v) is 5.82. The van der Waals surface area contributed by atoms with Gasteiger partial charge < -0.3 is 23.8 Å². The summed E-state index contributed by atoms with van der Waals surface area (Å²) in [6.07, 6.45) is 8.18. The summed E-state index contributed by atoms with van der Waals surface area (Å²) in [7, 11) is 5.38. The molecule has 1 aliphatic carbocycles. The molecule has 2 heterocycles. The first-order valence-electron chi connectivity index (χ1n) is 7.76. The Bertz CT molecular complexity index is 804. The largest absolute Gasteiger partial charge is 0.498 e. The molecule has 1 unspecified atom stereocenters. The molecule has 5 heteroatoms. The van der Waals surface area contributed by atoms with Gasteiger partial charge in [0.1, 0.15) is 11.9 Å². The average Bonchev–Trinajstić information content (AvgIpc) is 3.07. The van der Waals surface area contributed by atoms with E-state index < -0.39 is 0 Å². The minimum absolute atomic E-state index is 0.167. The molecule has 0 saturated heterocycles. The molecule has 0 aromatic heterocycles. The second kappa shape index (κ2) is 5.76. The molecule has 0 bridgehead atoms. The first kappa shape index (κ1) is 14.9. The van der Waals surface area contributed by atoms with Gasteiger partial charge in [0, 0.05) is 37.2 Å². The van der Waals surface area contributed by atoms with Gasteiger partial charge in [-0.15, -0.1) is 0 Å². The summed E-state index contributed by atoms with van der Waals surface area (Å²) in [5.74, 6) is 2.38. The molecule has 5 nitrogen and oxygen atoms in total. The third kappa shape index (κ3) is 2.37. The molecule has 1 aromatic carbocycles. The molecule has 0 N–H and O–H groups in total. The fourth-order valence-electron chi connectivity index (χ4n) is 3.13. The molecule has 0 spiro atoms. The Balaban J connectivity index is 1.72. The number of nitrogens with zero attached hydrogens (tertiary/aromatic N) is 1. The normalized spacial score (nSPS) is 21.5. The highest BCUT2D eigenvalue weighted by atomic mass is 16.7. The van der Waals surface area contributed by atoms with Crippen molar-refractivity contribution in [3.8, 4) is 11.5 Å². The highest BCUT2D eigenvalue weighted by Crippen LogP contribution is 2.38. The Hall–Kier alpha value is -2.66. The highest BCUT2D eigenvalue weighted by molar-refractivity contribution is 5.75. The summed E-state index contributed by atoms with van der Waals surface area (Å²) in [5, 5.41) is 0. The molecule has 0 radical (unpaired) electrons. The maximum absolute atomic E-state index is 5.50. The maximum atomic E-state index is 5.50. The van der Waals surface area contributed by atoms with E-state index in [1.807, 2.05) is 31.3 Å². The lowest BCUT2D eigenvalue weighted by Gasteiger charge is -2.29. The van der Waals surface area contributed by atoms with Crippen LogP contribution in [0.3, 0.4) is 0 Å². The van der Waals surface area contributed by atoms with E-state index in [0.717, 1.165) is 39.7 Å². The van der Waals surface area contributed by atoms with Crippen LogP contribution in [0.4, 0.5) is 0 Å². The van der Waals surface area contributed by atoms with Crippen molar-refractivity contribution in [3.63, 3.8) is 0 Å². The van der Waals surface area contributed by atoms with Crippen molar-refractivity contribution in [1.29, 1.82) is 0 Å². The van der Waals surface area contributed by atoms with E-state index in [1.54, 1.807) is 14.2 Å². The first-order valence-corrected chi connectivity index (χ1v) is 7.76. The minimum Gasteiger partial charge on any atom is -0.498 e. The van der Waals surface area contributed by atoms with Crippen molar-refractivity contribution in [1.82, 2.24) is 4.90 Å². The molecule has 4 rings (SSSR count). The Morgan fingerprint density at radius 2 is 1.92 bits per heavy atom. The van der Waals surface area contributed by atoms with Gasteiger partial charge in [-0.3, -0.25) is 0 Å². The van der Waals surface area contributed by atoms with Crippen LogP contribution >= 0.6 is 0 Å². The van der Waals surface area contributed by atoms with Crippen LogP contribution in [-0.2, 0) is 9.47 Å². The summed E-state index contributed by atoms with van der Waals surface area (Å²) in [4.78, 5) is 2.10. The molecule has 1 atom stereocenters. The van der Waals surface area contributed by atoms with Crippen LogP contribution in [0.1, 0.15) is 5.56 Å². The van der Waals surface area contributed by atoms with E-state index in [4.69, 9.17) is 18.9 Å². The summed E-state index contributed by atoms with van der Waals surface area (Å²) in [6, 6.07) is 6.00. The molecule has 124 valence electrons. The molecule has 0 fully saturated rings. The maximum Gasteiger partial charge on any atom is 0.231 e. The van der Waals surface area contributed by atoms with Gasteiger partial charge in [0.25, 0.3) is 0 Å². The standard InChI is InChI=1S/C19H19NO4/c1-20-10-14-9-18(22-3)17(21-2)8-13(14)6-15(20)12-4-5-16-19(7-12)24-11-23-16/h4-10,17H,11H2,1-3H3. The van der Waals surface area contributed by atoms with Crippen LogP contribution in [0.25, 0.3) is 5.70 Å². The van der Waals surface area contributed by atoms with Crippen molar-refractivity contribution in [2.45, 2.75) is 6.10 Å². The molecule has 0 amide bonds. The van der Waals surface area contributed by atoms with Crippen molar-refractivity contribution in [2.75, 3.05) is 28.1 Å². The van der Waals surface area contributed by atoms with Crippen LogP contribution in [0.2, 0.25) is 0 Å². The van der Waals surface area contributed by atoms with Crippen molar-refractivity contribution >= 4 is 5.70 Å². The second-order valence-electron chi connectivity index (χ2n) is 5.82. The lowest BCUT2D eigenvalue weighted by molar-refractivity contribution is 0.109. The number of hydrogen-bond donors (Lipinski definition) is 0.